The quantitative estimate of drug-likeness (QED) is 0.438. The first-order valence-electron chi connectivity index (χ1n) is 7.67. The van der Waals surface area contributed by atoms with E-state index in [0.29, 0.717) is 11.6 Å². The van der Waals surface area contributed by atoms with Gasteiger partial charge in [-0.2, -0.15) is 0 Å². The van der Waals surface area contributed by atoms with E-state index < -0.39 is 0 Å². The van der Waals surface area contributed by atoms with Gasteiger partial charge in [-0.1, -0.05) is 59.6 Å². The second kappa shape index (κ2) is 6.31. The molecule has 4 heteroatoms. The number of hydrogen-bond acceptors (Lipinski definition) is 1. The lowest BCUT2D eigenvalue weighted by Crippen LogP contribution is -2.02. The maximum absolute atomic E-state index is 6.41. The Bertz CT molecular complexity index is 1000. The van der Waals surface area contributed by atoms with Crippen LogP contribution in [0.4, 0.5) is 0 Å². The zero-order chi connectivity index (χ0) is 16.5. The molecule has 0 fully saturated rings. The molecule has 118 valence electrons. The SMILES string of the molecule is Clc1ccc(Cn2c(-c3ccccc3Cl)nc3ccccc32)cc1. The summed E-state index contributed by atoms with van der Waals surface area (Å²) in [4.78, 5) is 4.81. The molecule has 0 aliphatic rings. The molecular formula is C20H14Cl2N2. The summed E-state index contributed by atoms with van der Waals surface area (Å²) in [6.07, 6.45) is 0. The molecule has 0 radical (unpaired) electrons. The van der Waals surface area contributed by atoms with Crippen LogP contribution in [-0.4, -0.2) is 9.55 Å². The normalized spacial score (nSPS) is 11.1. The average Bonchev–Trinajstić information content (AvgIpc) is 2.96. The Hall–Kier alpha value is -2.29. The molecule has 2 nitrogen and oxygen atoms in total. The lowest BCUT2D eigenvalue weighted by molar-refractivity contribution is 0.834. The highest BCUT2D eigenvalue weighted by molar-refractivity contribution is 6.33. The maximum atomic E-state index is 6.41. The third kappa shape index (κ3) is 2.79. The topological polar surface area (TPSA) is 17.8 Å². The van der Waals surface area contributed by atoms with Crippen LogP contribution < -0.4 is 0 Å². The zero-order valence-electron chi connectivity index (χ0n) is 12.8. The molecule has 24 heavy (non-hydrogen) atoms. The summed E-state index contributed by atoms with van der Waals surface area (Å²) < 4.78 is 2.19. The summed E-state index contributed by atoms with van der Waals surface area (Å²) in [6.45, 7) is 0.707. The van der Waals surface area contributed by atoms with Crippen molar-refractivity contribution >= 4 is 34.2 Å². The van der Waals surface area contributed by atoms with E-state index in [1.165, 1.54) is 0 Å². The third-order valence-corrected chi connectivity index (χ3v) is 4.60. The Kier molecular flexibility index (Phi) is 4.01. The van der Waals surface area contributed by atoms with E-state index in [-0.39, 0.29) is 0 Å². The summed E-state index contributed by atoms with van der Waals surface area (Å²) in [5, 5.41) is 1.44. The van der Waals surface area contributed by atoms with Crippen LogP contribution in [-0.2, 0) is 6.54 Å². The molecule has 0 aliphatic heterocycles. The van der Waals surface area contributed by atoms with Crippen LogP contribution in [0.1, 0.15) is 5.56 Å². The van der Waals surface area contributed by atoms with Crippen molar-refractivity contribution in [2.45, 2.75) is 6.54 Å². The molecule has 0 bridgehead atoms. The van der Waals surface area contributed by atoms with Crippen LogP contribution >= 0.6 is 23.2 Å². The minimum absolute atomic E-state index is 0.699. The highest BCUT2D eigenvalue weighted by Crippen LogP contribution is 2.30. The zero-order valence-corrected chi connectivity index (χ0v) is 14.3. The Morgan fingerprint density at radius 1 is 0.792 bits per heavy atom. The Morgan fingerprint density at radius 3 is 2.29 bits per heavy atom. The molecule has 0 spiro atoms. The van der Waals surface area contributed by atoms with Crippen LogP contribution in [0.3, 0.4) is 0 Å². The van der Waals surface area contributed by atoms with Gasteiger partial charge in [-0.15, -0.1) is 0 Å². The van der Waals surface area contributed by atoms with Crippen molar-refractivity contribution < 1.29 is 0 Å². The summed E-state index contributed by atoms with van der Waals surface area (Å²) in [5.74, 6) is 0.872. The van der Waals surface area contributed by atoms with Crippen molar-refractivity contribution in [3.63, 3.8) is 0 Å². The minimum Gasteiger partial charge on any atom is -0.319 e. The van der Waals surface area contributed by atoms with E-state index in [1.807, 2.05) is 66.7 Å². The van der Waals surface area contributed by atoms with E-state index in [1.54, 1.807) is 0 Å². The van der Waals surface area contributed by atoms with E-state index in [2.05, 4.69) is 10.6 Å². The van der Waals surface area contributed by atoms with E-state index in [4.69, 9.17) is 28.2 Å². The minimum atomic E-state index is 0.699. The number of imidazole rings is 1. The molecule has 0 aliphatic carbocycles. The van der Waals surface area contributed by atoms with Crippen LogP contribution in [0, 0.1) is 0 Å². The summed E-state index contributed by atoms with van der Waals surface area (Å²) in [5.41, 5.74) is 4.14. The Morgan fingerprint density at radius 2 is 1.50 bits per heavy atom. The molecule has 1 aromatic heterocycles. The number of hydrogen-bond donors (Lipinski definition) is 0. The molecule has 0 amide bonds. The lowest BCUT2D eigenvalue weighted by Gasteiger charge is -2.11. The fraction of sp³-hybridized carbons (Fsp3) is 0.0500. The first-order valence-corrected chi connectivity index (χ1v) is 8.42. The van der Waals surface area contributed by atoms with Crippen molar-refractivity contribution in [3.8, 4) is 11.4 Å². The molecule has 0 saturated carbocycles. The van der Waals surface area contributed by atoms with Crippen LogP contribution in [0.5, 0.6) is 0 Å². The van der Waals surface area contributed by atoms with Gasteiger partial charge in [-0.3, -0.25) is 0 Å². The monoisotopic (exact) mass is 352 g/mol. The van der Waals surface area contributed by atoms with Gasteiger partial charge in [0.25, 0.3) is 0 Å². The van der Waals surface area contributed by atoms with Crippen molar-refractivity contribution in [2.24, 2.45) is 0 Å². The number of rotatable bonds is 3. The van der Waals surface area contributed by atoms with Crippen molar-refractivity contribution in [2.75, 3.05) is 0 Å². The van der Waals surface area contributed by atoms with Gasteiger partial charge in [0.2, 0.25) is 0 Å². The van der Waals surface area contributed by atoms with Gasteiger partial charge in [-0.05, 0) is 42.0 Å². The number of fused-ring (bicyclic) bond motifs is 1. The van der Waals surface area contributed by atoms with Gasteiger partial charge in [0, 0.05) is 17.1 Å². The highest BCUT2D eigenvalue weighted by Gasteiger charge is 2.14. The Labute approximate surface area is 150 Å². The van der Waals surface area contributed by atoms with E-state index >= 15 is 0 Å². The van der Waals surface area contributed by atoms with Gasteiger partial charge in [0.15, 0.2) is 0 Å². The van der Waals surface area contributed by atoms with Gasteiger partial charge >= 0.3 is 0 Å². The van der Waals surface area contributed by atoms with Crippen LogP contribution in [0.15, 0.2) is 72.8 Å². The van der Waals surface area contributed by atoms with Gasteiger partial charge in [0.1, 0.15) is 5.82 Å². The lowest BCUT2D eigenvalue weighted by atomic mass is 10.2. The number of aromatic nitrogens is 2. The summed E-state index contributed by atoms with van der Waals surface area (Å²) in [6, 6.07) is 23.8. The van der Waals surface area contributed by atoms with E-state index in [9.17, 15) is 0 Å². The Balaban J connectivity index is 1.90. The number of nitrogens with zero attached hydrogens (tertiary/aromatic N) is 2. The molecular weight excluding hydrogens is 339 g/mol. The first-order chi connectivity index (χ1) is 11.7. The fourth-order valence-electron chi connectivity index (χ4n) is 2.86. The molecule has 0 N–H and O–H groups in total. The third-order valence-electron chi connectivity index (χ3n) is 4.02. The number of benzene rings is 3. The number of halogens is 2. The second-order valence-electron chi connectivity index (χ2n) is 5.62. The first kappa shape index (κ1) is 15.3. The van der Waals surface area contributed by atoms with Gasteiger partial charge in [-0.25, -0.2) is 4.98 Å². The average molecular weight is 353 g/mol. The van der Waals surface area contributed by atoms with Crippen molar-refractivity contribution in [1.82, 2.24) is 9.55 Å². The van der Waals surface area contributed by atoms with Crippen molar-refractivity contribution in [3.05, 3.63) is 88.4 Å². The molecule has 1 heterocycles. The largest absolute Gasteiger partial charge is 0.319 e. The molecule has 0 saturated heterocycles. The molecule has 3 aromatic carbocycles. The highest BCUT2D eigenvalue weighted by atomic mass is 35.5. The predicted molar refractivity (Wildman–Crippen MR) is 101 cm³/mol. The van der Waals surface area contributed by atoms with Gasteiger partial charge in [0.05, 0.1) is 16.1 Å². The second-order valence-corrected chi connectivity index (χ2v) is 6.46. The van der Waals surface area contributed by atoms with Crippen molar-refractivity contribution in [1.29, 1.82) is 0 Å². The molecule has 4 aromatic rings. The summed E-state index contributed by atoms with van der Waals surface area (Å²) >= 11 is 12.4. The predicted octanol–water partition coefficient (Wildman–Crippen LogP) is 6.06. The molecule has 0 unspecified atom stereocenters. The molecule has 0 atom stereocenters. The maximum Gasteiger partial charge on any atom is 0.142 e. The van der Waals surface area contributed by atoms with Crippen LogP contribution in [0.2, 0.25) is 10.0 Å². The van der Waals surface area contributed by atoms with Gasteiger partial charge < -0.3 is 4.57 Å². The number of para-hydroxylation sites is 2. The van der Waals surface area contributed by atoms with E-state index in [0.717, 1.165) is 33.0 Å². The molecule has 4 rings (SSSR count). The smallest absolute Gasteiger partial charge is 0.142 e. The fourth-order valence-corrected chi connectivity index (χ4v) is 3.20. The standard InChI is InChI=1S/C20H14Cl2N2/c21-15-11-9-14(10-12-15)13-24-19-8-4-3-7-18(19)23-20(24)16-5-1-2-6-17(16)22/h1-12H,13H2. The summed E-state index contributed by atoms with van der Waals surface area (Å²) in [7, 11) is 0. The van der Waals surface area contributed by atoms with Crippen LogP contribution in [0.25, 0.3) is 22.4 Å².